The topological polar surface area (TPSA) is 120 Å². The third kappa shape index (κ3) is 10.1. The first kappa shape index (κ1) is 33.5. The fraction of sp³-hybridized carbons (Fsp3) is 0.412. The number of esters is 1. The zero-order valence-electron chi connectivity index (χ0n) is 26.6. The lowest BCUT2D eigenvalue weighted by Gasteiger charge is -2.29. The van der Waals surface area contributed by atoms with Crippen LogP contribution in [0, 0.1) is 0 Å². The molecule has 0 aliphatic carbocycles. The minimum Gasteiger partial charge on any atom is -0.485 e. The largest absolute Gasteiger partial charge is 0.485 e. The SMILES string of the molecule is CC(C)(C)OC(=O)COc1ccc(C(=O)CNC(=O)c2cc3c(s2)CCN(C(=O)OC(C)(C)C)C3)cc1OCc1ccccc1. The average molecular weight is 637 g/mol. The lowest BCUT2D eigenvalue weighted by Crippen LogP contribution is -2.39. The summed E-state index contributed by atoms with van der Waals surface area (Å²) >= 11 is 1.36. The second-order valence-electron chi connectivity index (χ2n) is 12.6. The Labute approximate surface area is 267 Å². The van der Waals surface area contributed by atoms with Gasteiger partial charge in [-0.25, -0.2) is 9.59 Å². The first-order chi connectivity index (χ1) is 21.2. The van der Waals surface area contributed by atoms with Crippen molar-refractivity contribution >= 4 is 35.1 Å². The zero-order valence-corrected chi connectivity index (χ0v) is 27.4. The van der Waals surface area contributed by atoms with Gasteiger partial charge in [0.25, 0.3) is 5.91 Å². The van der Waals surface area contributed by atoms with Crippen LogP contribution in [0.5, 0.6) is 11.5 Å². The Bertz CT molecular complexity index is 1540. The first-order valence-corrected chi connectivity index (χ1v) is 15.5. The second-order valence-corrected chi connectivity index (χ2v) is 13.8. The van der Waals surface area contributed by atoms with Gasteiger partial charge in [-0.1, -0.05) is 30.3 Å². The third-order valence-electron chi connectivity index (χ3n) is 6.42. The van der Waals surface area contributed by atoms with Gasteiger partial charge in [-0.05, 0) is 83.4 Å². The van der Waals surface area contributed by atoms with E-state index in [0.717, 1.165) is 16.0 Å². The van der Waals surface area contributed by atoms with E-state index in [1.165, 1.54) is 17.4 Å². The fourth-order valence-corrected chi connectivity index (χ4v) is 5.51. The standard InChI is InChI=1S/C34H40N2O8S/c1-33(2,3)43-30(38)21-42-26-13-12-23(16-27(26)41-20-22-10-8-7-9-11-22)25(37)18-35-31(39)29-17-24-19-36(15-14-28(24)45-29)32(40)44-34(4,5)6/h7-13,16-17H,14-15,18-21H2,1-6H3,(H,35,39). The van der Waals surface area contributed by atoms with Gasteiger partial charge in [-0.2, -0.15) is 0 Å². The molecule has 0 saturated heterocycles. The summed E-state index contributed by atoms with van der Waals surface area (Å²) < 4.78 is 22.5. The Hall–Kier alpha value is -4.38. The number of amides is 2. The maximum atomic E-state index is 13.1. The predicted octanol–water partition coefficient (Wildman–Crippen LogP) is 5.95. The molecule has 45 heavy (non-hydrogen) atoms. The summed E-state index contributed by atoms with van der Waals surface area (Å²) in [4.78, 5) is 54.0. The van der Waals surface area contributed by atoms with Crippen molar-refractivity contribution in [3.05, 3.63) is 81.0 Å². The normalized spacial score (nSPS) is 13.0. The van der Waals surface area contributed by atoms with E-state index < -0.39 is 17.2 Å². The highest BCUT2D eigenvalue weighted by Gasteiger charge is 2.28. The molecule has 0 unspecified atom stereocenters. The van der Waals surface area contributed by atoms with Crippen LogP contribution in [-0.2, 0) is 33.8 Å². The Morgan fingerprint density at radius 1 is 0.867 bits per heavy atom. The fourth-order valence-electron chi connectivity index (χ4n) is 4.43. The molecule has 0 saturated carbocycles. The Kier molecular flexibility index (Phi) is 10.5. The Morgan fingerprint density at radius 3 is 2.27 bits per heavy atom. The van der Waals surface area contributed by atoms with Gasteiger partial charge in [0.05, 0.1) is 18.0 Å². The molecule has 0 spiro atoms. The smallest absolute Gasteiger partial charge is 0.410 e. The number of thiophene rings is 1. The summed E-state index contributed by atoms with van der Waals surface area (Å²) in [5.41, 5.74) is 0.868. The lowest BCUT2D eigenvalue weighted by atomic mass is 10.1. The van der Waals surface area contributed by atoms with E-state index in [1.807, 2.05) is 51.1 Å². The highest BCUT2D eigenvalue weighted by molar-refractivity contribution is 7.14. The molecule has 0 atom stereocenters. The Balaban J connectivity index is 1.39. The van der Waals surface area contributed by atoms with Crippen molar-refractivity contribution in [2.24, 2.45) is 0 Å². The van der Waals surface area contributed by atoms with E-state index in [1.54, 1.807) is 43.9 Å². The number of ketones is 1. The van der Waals surface area contributed by atoms with E-state index in [0.29, 0.717) is 30.0 Å². The molecule has 0 bridgehead atoms. The van der Waals surface area contributed by atoms with Gasteiger partial charge in [0, 0.05) is 17.0 Å². The average Bonchev–Trinajstić information content (AvgIpc) is 3.40. The summed E-state index contributed by atoms with van der Waals surface area (Å²) in [5, 5.41) is 2.71. The molecule has 1 aliphatic heterocycles. The van der Waals surface area contributed by atoms with E-state index >= 15 is 0 Å². The predicted molar refractivity (Wildman–Crippen MR) is 170 cm³/mol. The first-order valence-electron chi connectivity index (χ1n) is 14.7. The molecule has 11 heteroatoms. The highest BCUT2D eigenvalue weighted by atomic mass is 32.1. The number of hydrogen-bond acceptors (Lipinski definition) is 9. The summed E-state index contributed by atoms with van der Waals surface area (Å²) in [7, 11) is 0. The molecule has 2 heterocycles. The molecular weight excluding hydrogens is 596 g/mol. The maximum absolute atomic E-state index is 13.1. The van der Waals surface area contributed by atoms with Crippen molar-refractivity contribution in [2.45, 2.75) is 72.3 Å². The van der Waals surface area contributed by atoms with E-state index in [2.05, 4.69) is 5.32 Å². The van der Waals surface area contributed by atoms with Crippen LogP contribution in [0.3, 0.4) is 0 Å². The quantitative estimate of drug-likeness (QED) is 0.214. The zero-order chi connectivity index (χ0) is 32.8. The van der Waals surface area contributed by atoms with Crippen LogP contribution in [0.2, 0.25) is 0 Å². The molecule has 1 aliphatic rings. The van der Waals surface area contributed by atoms with Crippen LogP contribution in [0.1, 0.15) is 77.6 Å². The van der Waals surface area contributed by atoms with Crippen LogP contribution >= 0.6 is 11.3 Å². The molecule has 3 aromatic rings. The number of carbonyl (C=O) groups is 4. The van der Waals surface area contributed by atoms with Gasteiger partial charge in [-0.3, -0.25) is 9.59 Å². The number of hydrogen-bond donors (Lipinski definition) is 1. The Morgan fingerprint density at radius 2 is 1.58 bits per heavy atom. The van der Waals surface area contributed by atoms with Crippen molar-refractivity contribution < 1.29 is 38.1 Å². The van der Waals surface area contributed by atoms with Gasteiger partial charge in [-0.15, -0.1) is 11.3 Å². The number of ether oxygens (including phenoxy) is 4. The molecule has 1 N–H and O–H groups in total. The summed E-state index contributed by atoms with van der Waals surface area (Å²) in [5.74, 6) is -0.678. The molecule has 2 amide bonds. The van der Waals surface area contributed by atoms with Crippen molar-refractivity contribution in [2.75, 3.05) is 19.7 Å². The molecule has 0 fully saturated rings. The van der Waals surface area contributed by atoms with E-state index in [-0.39, 0.29) is 49.0 Å². The number of fused-ring (bicyclic) bond motifs is 1. The summed E-state index contributed by atoms with van der Waals surface area (Å²) in [6.45, 7) is 11.3. The van der Waals surface area contributed by atoms with Gasteiger partial charge >= 0.3 is 12.1 Å². The highest BCUT2D eigenvalue weighted by Crippen LogP contribution is 2.31. The van der Waals surface area contributed by atoms with Crippen molar-refractivity contribution in [3.8, 4) is 11.5 Å². The van der Waals surface area contributed by atoms with Crippen LogP contribution in [-0.4, -0.2) is 59.6 Å². The van der Waals surface area contributed by atoms with E-state index in [4.69, 9.17) is 18.9 Å². The van der Waals surface area contributed by atoms with Crippen molar-refractivity contribution in [3.63, 3.8) is 0 Å². The number of carbonyl (C=O) groups excluding carboxylic acids is 4. The molecule has 240 valence electrons. The van der Waals surface area contributed by atoms with Crippen LogP contribution in [0.15, 0.2) is 54.6 Å². The number of nitrogens with one attached hydrogen (secondary N) is 1. The maximum Gasteiger partial charge on any atom is 0.410 e. The molecule has 2 aromatic carbocycles. The number of rotatable bonds is 10. The van der Waals surface area contributed by atoms with Gasteiger partial charge in [0.1, 0.15) is 17.8 Å². The molecule has 10 nitrogen and oxygen atoms in total. The van der Waals surface area contributed by atoms with Crippen LogP contribution in [0.25, 0.3) is 0 Å². The minimum absolute atomic E-state index is 0.215. The van der Waals surface area contributed by atoms with E-state index in [9.17, 15) is 19.2 Å². The van der Waals surface area contributed by atoms with Gasteiger partial charge in [0.2, 0.25) is 0 Å². The number of nitrogens with zero attached hydrogens (tertiary/aromatic N) is 1. The molecule has 1 aromatic heterocycles. The lowest BCUT2D eigenvalue weighted by molar-refractivity contribution is -0.157. The second kappa shape index (κ2) is 14.2. The van der Waals surface area contributed by atoms with Crippen LogP contribution < -0.4 is 14.8 Å². The summed E-state index contributed by atoms with van der Waals surface area (Å²) in [6, 6.07) is 15.9. The third-order valence-corrected chi connectivity index (χ3v) is 7.66. The minimum atomic E-state index is -0.656. The number of Topliss-reactive ketones (excluding diaryl/α,β-unsaturated/α-hetero) is 1. The van der Waals surface area contributed by atoms with Crippen LogP contribution in [0.4, 0.5) is 4.79 Å². The monoisotopic (exact) mass is 636 g/mol. The van der Waals surface area contributed by atoms with Crippen molar-refractivity contribution in [1.82, 2.24) is 10.2 Å². The molecule has 0 radical (unpaired) electrons. The molecule has 4 rings (SSSR count). The van der Waals surface area contributed by atoms with Crippen molar-refractivity contribution in [1.29, 1.82) is 0 Å². The summed E-state index contributed by atoms with van der Waals surface area (Å²) in [6.07, 6.45) is 0.240. The van der Waals surface area contributed by atoms with Gasteiger partial charge < -0.3 is 29.2 Å². The molecular formula is C34H40N2O8S. The number of benzene rings is 2. The van der Waals surface area contributed by atoms with Gasteiger partial charge in [0.15, 0.2) is 23.9 Å².